The van der Waals surface area contributed by atoms with Gasteiger partial charge in [0, 0.05) is 6.20 Å². The molecule has 0 aliphatic heterocycles. The summed E-state index contributed by atoms with van der Waals surface area (Å²) in [4.78, 5) is 13.4. The van der Waals surface area contributed by atoms with E-state index in [1.54, 1.807) is 0 Å². The number of hydrogen-bond acceptors (Lipinski definition) is 2. The first-order valence-electron chi connectivity index (χ1n) is 3.67. The minimum absolute atomic E-state index is 0.128. The van der Waals surface area contributed by atoms with E-state index in [9.17, 15) is 26.7 Å². The molecule has 0 bridgehead atoms. The van der Waals surface area contributed by atoms with Crippen molar-refractivity contribution < 1.29 is 26.7 Å². The van der Waals surface area contributed by atoms with Gasteiger partial charge in [-0.1, -0.05) is 0 Å². The first-order chi connectivity index (χ1) is 6.88. The molecule has 0 unspecified atom stereocenters. The zero-order valence-electron chi connectivity index (χ0n) is 7.05. The van der Waals surface area contributed by atoms with Crippen molar-refractivity contribution >= 4 is 6.29 Å². The Morgan fingerprint density at radius 2 is 1.93 bits per heavy atom. The Hall–Kier alpha value is -1.53. The molecule has 0 saturated heterocycles. The molecule has 0 aliphatic rings. The molecule has 0 spiro atoms. The second kappa shape index (κ2) is 3.92. The van der Waals surface area contributed by atoms with Crippen LogP contribution in [0.2, 0.25) is 0 Å². The van der Waals surface area contributed by atoms with Gasteiger partial charge in [0.1, 0.15) is 5.69 Å². The van der Waals surface area contributed by atoms with Crippen LogP contribution in [0.3, 0.4) is 0 Å². The van der Waals surface area contributed by atoms with E-state index in [0.717, 1.165) is 0 Å². The average molecular weight is 225 g/mol. The van der Waals surface area contributed by atoms with Crippen LogP contribution in [0.4, 0.5) is 22.0 Å². The monoisotopic (exact) mass is 225 g/mol. The third kappa shape index (κ3) is 2.28. The van der Waals surface area contributed by atoms with Crippen LogP contribution in [0.1, 0.15) is 28.0 Å². The number of hydrogen-bond donors (Lipinski definition) is 0. The van der Waals surface area contributed by atoms with Gasteiger partial charge in [0.05, 0.1) is 11.1 Å². The van der Waals surface area contributed by atoms with E-state index < -0.39 is 29.4 Å². The Balaban J connectivity index is 3.45. The van der Waals surface area contributed by atoms with Crippen molar-refractivity contribution in [2.24, 2.45) is 0 Å². The third-order valence-electron chi connectivity index (χ3n) is 1.66. The third-order valence-corrected chi connectivity index (χ3v) is 1.66. The van der Waals surface area contributed by atoms with Gasteiger partial charge in [0.2, 0.25) is 0 Å². The van der Waals surface area contributed by atoms with E-state index in [-0.39, 0.29) is 6.29 Å². The fraction of sp³-hybridized carbons (Fsp3) is 0.250. The lowest BCUT2D eigenvalue weighted by Crippen LogP contribution is -2.12. The van der Waals surface area contributed by atoms with E-state index in [0.29, 0.717) is 12.3 Å². The molecular formula is C8H4F5NO. The summed E-state index contributed by atoms with van der Waals surface area (Å²) in [5, 5.41) is 0. The lowest BCUT2D eigenvalue weighted by Gasteiger charge is -2.12. The van der Waals surface area contributed by atoms with Gasteiger partial charge in [-0.2, -0.15) is 13.2 Å². The number of aldehydes is 1. The van der Waals surface area contributed by atoms with Crippen LogP contribution in [0.25, 0.3) is 0 Å². The van der Waals surface area contributed by atoms with Gasteiger partial charge in [-0.05, 0) is 6.07 Å². The van der Waals surface area contributed by atoms with E-state index in [4.69, 9.17) is 0 Å². The highest BCUT2D eigenvalue weighted by molar-refractivity contribution is 5.75. The molecule has 1 aromatic heterocycles. The van der Waals surface area contributed by atoms with Crippen molar-refractivity contribution in [1.29, 1.82) is 0 Å². The molecule has 15 heavy (non-hydrogen) atoms. The van der Waals surface area contributed by atoms with Gasteiger partial charge in [-0.25, -0.2) is 8.78 Å². The number of carbonyl (C=O) groups excluding carboxylic acids is 1. The van der Waals surface area contributed by atoms with Crippen molar-refractivity contribution in [2.75, 3.05) is 0 Å². The second-order valence-electron chi connectivity index (χ2n) is 2.57. The lowest BCUT2D eigenvalue weighted by molar-refractivity contribution is -0.139. The zero-order chi connectivity index (χ0) is 11.6. The first kappa shape index (κ1) is 11.5. The molecule has 0 N–H and O–H groups in total. The Kier molecular flexibility index (Phi) is 3.01. The fourth-order valence-electron chi connectivity index (χ4n) is 1.06. The number of carbonyl (C=O) groups is 1. The van der Waals surface area contributed by atoms with Gasteiger partial charge in [-0.3, -0.25) is 9.78 Å². The summed E-state index contributed by atoms with van der Waals surface area (Å²) in [6.07, 6.45) is -7.78. The summed E-state index contributed by atoms with van der Waals surface area (Å²) in [7, 11) is 0. The number of halogens is 5. The maximum absolute atomic E-state index is 12.3. The van der Waals surface area contributed by atoms with Crippen LogP contribution < -0.4 is 0 Å². The quantitative estimate of drug-likeness (QED) is 0.572. The molecule has 1 heterocycles. The second-order valence-corrected chi connectivity index (χ2v) is 2.57. The van der Waals surface area contributed by atoms with Crippen LogP contribution in [0, 0.1) is 0 Å². The van der Waals surface area contributed by atoms with Crippen molar-refractivity contribution in [3.8, 4) is 0 Å². The lowest BCUT2D eigenvalue weighted by atomic mass is 10.1. The highest BCUT2D eigenvalue weighted by Crippen LogP contribution is 2.36. The van der Waals surface area contributed by atoms with E-state index >= 15 is 0 Å². The molecule has 0 aliphatic carbocycles. The van der Waals surface area contributed by atoms with Gasteiger partial charge >= 0.3 is 6.18 Å². The SMILES string of the molecule is O=Cc1nccc(C(F)(F)F)c1C(F)F. The fourth-order valence-corrected chi connectivity index (χ4v) is 1.06. The van der Waals surface area contributed by atoms with Gasteiger partial charge in [0.25, 0.3) is 6.43 Å². The van der Waals surface area contributed by atoms with Crippen LogP contribution >= 0.6 is 0 Å². The van der Waals surface area contributed by atoms with Crippen molar-refractivity contribution in [1.82, 2.24) is 4.98 Å². The normalized spacial score (nSPS) is 11.9. The summed E-state index contributed by atoms with van der Waals surface area (Å²) < 4.78 is 61.4. The highest BCUT2D eigenvalue weighted by atomic mass is 19.4. The first-order valence-corrected chi connectivity index (χ1v) is 3.67. The topological polar surface area (TPSA) is 30.0 Å². The summed E-state index contributed by atoms with van der Waals surface area (Å²) in [6, 6.07) is 0.411. The molecule has 1 aromatic rings. The van der Waals surface area contributed by atoms with Crippen LogP contribution in [-0.2, 0) is 6.18 Å². The Morgan fingerprint density at radius 3 is 2.33 bits per heavy atom. The molecular weight excluding hydrogens is 221 g/mol. The minimum atomic E-state index is -4.92. The number of aromatic nitrogens is 1. The molecule has 0 radical (unpaired) electrons. The maximum atomic E-state index is 12.3. The number of nitrogens with zero attached hydrogens (tertiary/aromatic N) is 1. The molecule has 7 heteroatoms. The average Bonchev–Trinajstić information content (AvgIpc) is 2.15. The van der Waals surface area contributed by atoms with E-state index in [2.05, 4.69) is 4.98 Å². The molecule has 2 nitrogen and oxygen atoms in total. The number of alkyl halides is 5. The molecule has 82 valence electrons. The molecule has 0 atom stereocenters. The smallest absolute Gasteiger partial charge is 0.296 e. The Morgan fingerprint density at radius 1 is 1.33 bits per heavy atom. The predicted octanol–water partition coefficient (Wildman–Crippen LogP) is 2.85. The molecule has 0 amide bonds. The summed E-state index contributed by atoms with van der Waals surface area (Å²) in [5.74, 6) is 0. The molecule has 0 fully saturated rings. The Bertz CT molecular complexity index is 374. The van der Waals surface area contributed by atoms with Crippen molar-refractivity contribution in [3.63, 3.8) is 0 Å². The number of pyridine rings is 1. The largest absolute Gasteiger partial charge is 0.417 e. The molecule has 0 aromatic carbocycles. The Labute approximate surface area is 80.7 Å². The van der Waals surface area contributed by atoms with Crippen molar-refractivity contribution in [3.05, 3.63) is 29.1 Å². The summed E-state index contributed by atoms with van der Waals surface area (Å²) in [5.41, 5.74) is -3.80. The van der Waals surface area contributed by atoms with Gasteiger partial charge in [-0.15, -0.1) is 0 Å². The van der Waals surface area contributed by atoms with Gasteiger partial charge < -0.3 is 0 Å². The van der Waals surface area contributed by atoms with Gasteiger partial charge in [0.15, 0.2) is 6.29 Å². The van der Waals surface area contributed by atoms with Crippen LogP contribution in [-0.4, -0.2) is 11.3 Å². The maximum Gasteiger partial charge on any atom is 0.417 e. The van der Waals surface area contributed by atoms with E-state index in [1.807, 2.05) is 0 Å². The van der Waals surface area contributed by atoms with Crippen molar-refractivity contribution in [2.45, 2.75) is 12.6 Å². The standard InChI is InChI=1S/C8H4F5NO/c9-7(10)6-4(8(11,12)13)1-2-14-5(6)3-15/h1-3,7H. The predicted molar refractivity (Wildman–Crippen MR) is 39.6 cm³/mol. The van der Waals surface area contributed by atoms with Crippen LogP contribution in [0.5, 0.6) is 0 Å². The van der Waals surface area contributed by atoms with E-state index in [1.165, 1.54) is 0 Å². The molecule has 1 rings (SSSR count). The summed E-state index contributed by atoms with van der Waals surface area (Å²) >= 11 is 0. The molecule has 0 saturated carbocycles. The highest BCUT2D eigenvalue weighted by Gasteiger charge is 2.37. The summed E-state index contributed by atoms with van der Waals surface area (Å²) in [6.45, 7) is 0. The number of rotatable bonds is 2. The van der Waals surface area contributed by atoms with Crippen LogP contribution in [0.15, 0.2) is 12.3 Å². The minimum Gasteiger partial charge on any atom is -0.296 e. The zero-order valence-corrected chi connectivity index (χ0v) is 7.05.